The van der Waals surface area contributed by atoms with Crippen molar-refractivity contribution in [3.05, 3.63) is 102 Å². The highest BCUT2D eigenvalue weighted by Gasteiger charge is 2.17. The largest absolute Gasteiger partial charge is 0.491 e. The van der Waals surface area contributed by atoms with Gasteiger partial charge >= 0.3 is 0 Å². The van der Waals surface area contributed by atoms with E-state index in [2.05, 4.69) is 29.6 Å². The number of amides is 1. The number of nitrogens with one attached hydrogen (secondary N) is 1. The molecular formula is C25H27NO2. The van der Waals surface area contributed by atoms with E-state index in [1.165, 1.54) is 0 Å². The van der Waals surface area contributed by atoms with Crippen molar-refractivity contribution in [2.24, 2.45) is 0 Å². The SMILES string of the molecule is CC(C)Oc1ccc(CNC(=O)CC(c2ccccc2)c2ccccc2)cc1. The molecule has 0 fully saturated rings. The van der Waals surface area contributed by atoms with E-state index in [0.29, 0.717) is 13.0 Å². The minimum Gasteiger partial charge on any atom is -0.491 e. The number of hydrogen-bond acceptors (Lipinski definition) is 2. The van der Waals surface area contributed by atoms with Crippen LogP contribution in [0, 0.1) is 0 Å². The van der Waals surface area contributed by atoms with Gasteiger partial charge in [-0.15, -0.1) is 0 Å². The van der Waals surface area contributed by atoms with Gasteiger partial charge in [0.25, 0.3) is 0 Å². The molecular weight excluding hydrogens is 346 g/mol. The number of benzene rings is 3. The Morgan fingerprint density at radius 2 is 1.36 bits per heavy atom. The molecule has 0 aliphatic carbocycles. The molecule has 0 aliphatic rings. The molecule has 0 saturated heterocycles. The van der Waals surface area contributed by atoms with Crippen LogP contribution in [0.2, 0.25) is 0 Å². The van der Waals surface area contributed by atoms with Gasteiger partial charge in [0.05, 0.1) is 6.10 Å². The molecule has 3 heteroatoms. The standard InChI is InChI=1S/C25H27NO2/c1-19(2)28-23-15-13-20(14-16-23)18-26-25(27)17-24(21-9-5-3-6-10-21)22-11-7-4-8-12-22/h3-16,19,24H,17-18H2,1-2H3,(H,26,27). The number of rotatable bonds is 8. The van der Waals surface area contributed by atoms with Gasteiger partial charge in [0.15, 0.2) is 0 Å². The fourth-order valence-corrected chi connectivity index (χ4v) is 3.22. The maximum absolute atomic E-state index is 12.7. The number of hydrogen-bond donors (Lipinski definition) is 1. The molecule has 3 aromatic carbocycles. The molecule has 0 radical (unpaired) electrons. The molecule has 0 bridgehead atoms. The molecule has 3 aromatic rings. The first-order valence-corrected chi connectivity index (χ1v) is 9.74. The van der Waals surface area contributed by atoms with Crippen LogP contribution in [0.25, 0.3) is 0 Å². The summed E-state index contributed by atoms with van der Waals surface area (Å²) < 4.78 is 5.66. The van der Waals surface area contributed by atoms with Gasteiger partial charge in [-0.05, 0) is 42.7 Å². The molecule has 0 unspecified atom stereocenters. The quantitative estimate of drug-likeness (QED) is 0.581. The van der Waals surface area contributed by atoms with Crippen molar-refractivity contribution in [2.45, 2.75) is 38.8 Å². The van der Waals surface area contributed by atoms with Crippen LogP contribution in [0.3, 0.4) is 0 Å². The Hall–Kier alpha value is -3.07. The second-order valence-electron chi connectivity index (χ2n) is 7.17. The van der Waals surface area contributed by atoms with Crippen LogP contribution >= 0.6 is 0 Å². The van der Waals surface area contributed by atoms with E-state index in [9.17, 15) is 4.79 Å². The van der Waals surface area contributed by atoms with Crippen LogP contribution in [0.5, 0.6) is 5.75 Å². The minimum absolute atomic E-state index is 0.0419. The molecule has 144 valence electrons. The van der Waals surface area contributed by atoms with E-state index in [-0.39, 0.29) is 17.9 Å². The maximum atomic E-state index is 12.7. The van der Waals surface area contributed by atoms with E-state index in [1.807, 2.05) is 74.5 Å². The Bertz CT molecular complexity index is 819. The van der Waals surface area contributed by atoms with Crippen molar-refractivity contribution in [3.63, 3.8) is 0 Å². The molecule has 1 N–H and O–H groups in total. The van der Waals surface area contributed by atoms with E-state index in [0.717, 1.165) is 22.4 Å². The second-order valence-corrected chi connectivity index (χ2v) is 7.17. The van der Waals surface area contributed by atoms with Gasteiger partial charge in [-0.3, -0.25) is 4.79 Å². The summed E-state index contributed by atoms with van der Waals surface area (Å²) in [5, 5.41) is 3.05. The molecule has 3 rings (SSSR count). The molecule has 0 aliphatic heterocycles. The molecule has 0 saturated carbocycles. The fraction of sp³-hybridized carbons (Fsp3) is 0.240. The minimum atomic E-state index is 0.0419. The highest BCUT2D eigenvalue weighted by atomic mass is 16.5. The summed E-state index contributed by atoms with van der Waals surface area (Å²) in [6.07, 6.45) is 0.571. The van der Waals surface area contributed by atoms with Gasteiger partial charge in [-0.2, -0.15) is 0 Å². The Labute approximate surface area is 167 Å². The highest BCUT2D eigenvalue weighted by molar-refractivity contribution is 5.77. The van der Waals surface area contributed by atoms with Crippen molar-refractivity contribution >= 4 is 5.91 Å². The number of carbonyl (C=O) groups is 1. The number of carbonyl (C=O) groups excluding carboxylic acids is 1. The average Bonchev–Trinajstić information content (AvgIpc) is 2.72. The molecule has 0 atom stereocenters. The van der Waals surface area contributed by atoms with Crippen molar-refractivity contribution < 1.29 is 9.53 Å². The van der Waals surface area contributed by atoms with Gasteiger partial charge in [-0.1, -0.05) is 72.8 Å². The first-order chi connectivity index (χ1) is 13.6. The first-order valence-electron chi connectivity index (χ1n) is 9.74. The summed E-state index contributed by atoms with van der Waals surface area (Å²) in [6.45, 7) is 4.52. The lowest BCUT2D eigenvalue weighted by atomic mass is 9.88. The Morgan fingerprint density at radius 1 is 0.821 bits per heavy atom. The first kappa shape index (κ1) is 19.7. The van der Waals surface area contributed by atoms with Gasteiger partial charge < -0.3 is 10.1 Å². The molecule has 1 amide bonds. The van der Waals surface area contributed by atoms with E-state index < -0.39 is 0 Å². The third kappa shape index (κ3) is 5.71. The summed E-state index contributed by atoms with van der Waals surface area (Å²) in [5.74, 6) is 0.933. The van der Waals surface area contributed by atoms with Gasteiger partial charge in [-0.25, -0.2) is 0 Å². The third-order valence-corrected chi connectivity index (χ3v) is 4.58. The van der Waals surface area contributed by atoms with E-state index >= 15 is 0 Å². The van der Waals surface area contributed by atoms with Crippen molar-refractivity contribution in [3.8, 4) is 5.75 Å². The zero-order chi connectivity index (χ0) is 19.8. The predicted octanol–water partition coefficient (Wildman–Crippen LogP) is 5.31. The second kappa shape index (κ2) is 9.75. The fourth-order valence-electron chi connectivity index (χ4n) is 3.22. The lowest BCUT2D eigenvalue weighted by Gasteiger charge is -2.18. The Balaban J connectivity index is 1.63. The van der Waals surface area contributed by atoms with Crippen LogP contribution < -0.4 is 10.1 Å². The topological polar surface area (TPSA) is 38.3 Å². The maximum Gasteiger partial charge on any atom is 0.221 e. The lowest BCUT2D eigenvalue weighted by molar-refractivity contribution is -0.121. The van der Waals surface area contributed by atoms with Gasteiger partial charge in [0, 0.05) is 18.9 Å². The van der Waals surface area contributed by atoms with Crippen LogP contribution in [0.1, 0.15) is 42.9 Å². The Kier molecular flexibility index (Phi) is 6.85. The smallest absolute Gasteiger partial charge is 0.221 e. The zero-order valence-electron chi connectivity index (χ0n) is 16.5. The van der Waals surface area contributed by atoms with Crippen molar-refractivity contribution in [2.75, 3.05) is 0 Å². The predicted molar refractivity (Wildman–Crippen MR) is 113 cm³/mol. The summed E-state index contributed by atoms with van der Waals surface area (Å²) in [5.41, 5.74) is 3.36. The summed E-state index contributed by atoms with van der Waals surface area (Å²) in [6, 6.07) is 28.3. The Morgan fingerprint density at radius 3 is 1.86 bits per heavy atom. The van der Waals surface area contributed by atoms with Crippen molar-refractivity contribution in [1.82, 2.24) is 5.32 Å². The highest BCUT2D eigenvalue weighted by Crippen LogP contribution is 2.27. The zero-order valence-corrected chi connectivity index (χ0v) is 16.5. The summed E-state index contributed by atoms with van der Waals surface area (Å²) >= 11 is 0. The summed E-state index contributed by atoms with van der Waals surface area (Å²) in [7, 11) is 0. The third-order valence-electron chi connectivity index (χ3n) is 4.58. The monoisotopic (exact) mass is 373 g/mol. The lowest BCUT2D eigenvalue weighted by Crippen LogP contribution is -2.25. The molecule has 28 heavy (non-hydrogen) atoms. The van der Waals surface area contributed by atoms with Crippen LogP contribution in [-0.2, 0) is 11.3 Å². The van der Waals surface area contributed by atoms with Crippen LogP contribution in [0.4, 0.5) is 0 Å². The van der Waals surface area contributed by atoms with Crippen molar-refractivity contribution in [1.29, 1.82) is 0 Å². The normalized spacial score (nSPS) is 10.9. The number of ether oxygens (including phenoxy) is 1. The van der Waals surface area contributed by atoms with E-state index in [1.54, 1.807) is 0 Å². The van der Waals surface area contributed by atoms with Gasteiger partial charge in [0.1, 0.15) is 5.75 Å². The van der Waals surface area contributed by atoms with Crippen LogP contribution in [-0.4, -0.2) is 12.0 Å². The average molecular weight is 373 g/mol. The molecule has 0 aromatic heterocycles. The molecule has 0 spiro atoms. The van der Waals surface area contributed by atoms with E-state index in [4.69, 9.17) is 4.74 Å². The molecule has 3 nitrogen and oxygen atoms in total. The molecule has 0 heterocycles. The summed E-state index contributed by atoms with van der Waals surface area (Å²) in [4.78, 5) is 12.7. The van der Waals surface area contributed by atoms with Gasteiger partial charge in [0.2, 0.25) is 5.91 Å². The van der Waals surface area contributed by atoms with Crippen LogP contribution in [0.15, 0.2) is 84.9 Å².